The summed E-state index contributed by atoms with van der Waals surface area (Å²) in [6, 6.07) is 0. The molecule has 0 radical (unpaired) electrons. The predicted octanol–water partition coefficient (Wildman–Crippen LogP) is -0.457. The molecule has 2 unspecified atom stereocenters. The second-order valence-electron chi connectivity index (χ2n) is 3.69. The van der Waals surface area contributed by atoms with Gasteiger partial charge in [-0.1, -0.05) is 0 Å². The van der Waals surface area contributed by atoms with Gasteiger partial charge in [0.15, 0.2) is 0 Å². The van der Waals surface area contributed by atoms with Gasteiger partial charge < -0.3 is 14.9 Å². The molecule has 1 saturated heterocycles. The molecule has 0 aliphatic carbocycles. The SMILES string of the molecule is CC1CN(CC(O)CC(=O)O)CCO1. The van der Waals surface area contributed by atoms with Gasteiger partial charge in [-0.25, -0.2) is 0 Å². The van der Waals surface area contributed by atoms with Crippen molar-refractivity contribution < 1.29 is 19.7 Å². The van der Waals surface area contributed by atoms with Gasteiger partial charge in [0.05, 0.1) is 25.2 Å². The molecule has 5 heteroatoms. The molecule has 1 fully saturated rings. The number of carbonyl (C=O) groups is 1. The average molecular weight is 203 g/mol. The van der Waals surface area contributed by atoms with Crippen molar-refractivity contribution in [3.8, 4) is 0 Å². The molecule has 1 aliphatic rings. The van der Waals surface area contributed by atoms with Crippen molar-refractivity contribution >= 4 is 5.97 Å². The molecule has 82 valence electrons. The number of β-amino-alcohol motifs (C(OH)–C–C–N with tert-alkyl or cyclic N) is 1. The van der Waals surface area contributed by atoms with Gasteiger partial charge in [0.2, 0.25) is 0 Å². The molecular weight excluding hydrogens is 186 g/mol. The van der Waals surface area contributed by atoms with Gasteiger partial charge in [0.1, 0.15) is 0 Å². The summed E-state index contributed by atoms with van der Waals surface area (Å²) in [4.78, 5) is 12.3. The van der Waals surface area contributed by atoms with Crippen LogP contribution in [0.4, 0.5) is 0 Å². The van der Waals surface area contributed by atoms with Crippen molar-refractivity contribution in [3.05, 3.63) is 0 Å². The Balaban J connectivity index is 2.25. The van der Waals surface area contributed by atoms with Crippen LogP contribution in [-0.2, 0) is 9.53 Å². The summed E-state index contributed by atoms with van der Waals surface area (Å²) < 4.78 is 5.33. The molecule has 5 nitrogen and oxygen atoms in total. The topological polar surface area (TPSA) is 70.0 Å². The van der Waals surface area contributed by atoms with E-state index in [1.54, 1.807) is 0 Å². The second kappa shape index (κ2) is 5.29. The predicted molar refractivity (Wildman–Crippen MR) is 50.1 cm³/mol. The third kappa shape index (κ3) is 4.04. The van der Waals surface area contributed by atoms with E-state index in [0.29, 0.717) is 13.2 Å². The number of nitrogens with zero attached hydrogens (tertiary/aromatic N) is 1. The maximum absolute atomic E-state index is 10.3. The van der Waals surface area contributed by atoms with E-state index in [0.717, 1.165) is 13.1 Å². The molecule has 1 heterocycles. The van der Waals surface area contributed by atoms with Crippen molar-refractivity contribution in [2.45, 2.75) is 25.6 Å². The standard InChI is InChI=1S/C9H17NO4/c1-7-5-10(2-3-14-7)6-8(11)4-9(12)13/h7-8,11H,2-6H2,1H3,(H,12,13). The Kier molecular flexibility index (Phi) is 4.31. The monoisotopic (exact) mass is 203 g/mol. The smallest absolute Gasteiger partial charge is 0.306 e. The Morgan fingerprint density at radius 1 is 1.71 bits per heavy atom. The summed E-state index contributed by atoms with van der Waals surface area (Å²) in [6.45, 7) is 4.56. The summed E-state index contributed by atoms with van der Waals surface area (Å²) in [6.07, 6.45) is -0.801. The van der Waals surface area contributed by atoms with E-state index < -0.39 is 12.1 Å². The van der Waals surface area contributed by atoms with Gasteiger partial charge in [-0.05, 0) is 6.92 Å². The molecule has 0 aromatic carbocycles. The van der Waals surface area contributed by atoms with E-state index in [4.69, 9.17) is 9.84 Å². The first kappa shape index (κ1) is 11.4. The molecule has 0 spiro atoms. The van der Waals surface area contributed by atoms with Gasteiger partial charge in [0.25, 0.3) is 0 Å². The minimum absolute atomic E-state index is 0.167. The number of ether oxygens (including phenoxy) is 1. The number of rotatable bonds is 4. The molecule has 1 aliphatic heterocycles. The maximum Gasteiger partial charge on any atom is 0.306 e. The lowest BCUT2D eigenvalue weighted by Crippen LogP contribution is -2.44. The van der Waals surface area contributed by atoms with Crippen LogP contribution in [-0.4, -0.2) is 59.5 Å². The van der Waals surface area contributed by atoms with E-state index in [2.05, 4.69) is 0 Å². The summed E-state index contributed by atoms with van der Waals surface area (Å²) in [5.41, 5.74) is 0. The zero-order valence-corrected chi connectivity index (χ0v) is 8.35. The first-order valence-electron chi connectivity index (χ1n) is 4.81. The molecule has 2 N–H and O–H groups in total. The lowest BCUT2D eigenvalue weighted by atomic mass is 10.2. The van der Waals surface area contributed by atoms with Gasteiger partial charge in [-0.3, -0.25) is 9.69 Å². The summed E-state index contributed by atoms with van der Waals surface area (Å²) in [7, 11) is 0. The van der Waals surface area contributed by atoms with E-state index in [1.165, 1.54) is 0 Å². The minimum atomic E-state index is -0.959. The van der Waals surface area contributed by atoms with Crippen LogP contribution in [0.1, 0.15) is 13.3 Å². The lowest BCUT2D eigenvalue weighted by molar-refractivity contribution is -0.139. The van der Waals surface area contributed by atoms with Crippen molar-refractivity contribution in [3.63, 3.8) is 0 Å². The molecule has 0 bridgehead atoms. The summed E-state index contributed by atoms with van der Waals surface area (Å²) in [5, 5.41) is 17.9. The first-order chi connectivity index (χ1) is 6.58. The zero-order chi connectivity index (χ0) is 10.6. The number of carboxylic acids is 1. The van der Waals surface area contributed by atoms with Crippen LogP contribution in [0, 0.1) is 0 Å². The largest absolute Gasteiger partial charge is 0.481 e. The van der Waals surface area contributed by atoms with Crippen LogP contribution >= 0.6 is 0 Å². The average Bonchev–Trinajstić information content (AvgIpc) is 2.01. The number of carboxylic acid groups (broad SMARTS) is 1. The molecule has 14 heavy (non-hydrogen) atoms. The quantitative estimate of drug-likeness (QED) is 0.647. The van der Waals surface area contributed by atoms with Crippen molar-refractivity contribution in [2.75, 3.05) is 26.2 Å². The Bertz CT molecular complexity index is 197. The van der Waals surface area contributed by atoms with E-state index in [1.807, 2.05) is 11.8 Å². The van der Waals surface area contributed by atoms with Gasteiger partial charge in [-0.2, -0.15) is 0 Å². The molecule has 0 aromatic heterocycles. The number of morpholine rings is 1. The summed E-state index contributed by atoms with van der Waals surface area (Å²) in [5.74, 6) is -0.959. The van der Waals surface area contributed by atoms with Crippen LogP contribution in [0.15, 0.2) is 0 Å². The Morgan fingerprint density at radius 2 is 2.43 bits per heavy atom. The van der Waals surface area contributed by atoms with E-state index in [9.17, 15) is 9.90 Å². The highest BCUT2D eigenvalue weighted by atomic mass is 16.5. The Morgan fingerprint density at radius 3 is 3.00 bits per heavy atom. The van der Waals surface area contributed by atoms with E-state index in [-0.39, 0.29) is 12.5 Å². The highest BCUT2D eigenvalue weighted by Crippen LogP contribution is 2.06. The van der Waals surface area contributed by atoms with Crippen molar-refractivity contribution in [1.29, 1.82) is 0 Å². The first-order valence-corrected chi connectivity index (χ1v) is 4.81. The van der Waals surface area contributed by atoms with Crippen LogP contribution < -0.4 is 0 Å². The molecule has 0 saturated carbocycles. The Hall–Kier alpha value is -0.650. The summed E-state index contributed by atoms with van der Waals surface area (Å²) >= 11 is 0. The fraction of sp³-hybridized carbons (Fsp3) is 0.889. The van der Waals surface area contributed by atoms with Crippen LogP contribution in [0.3, 0.4) is 0 Å². The fourth-order valence-electron chi connectivity index (χ4n) is 1.62. The zero-order valence-electron chi connectivity index (χ0n) is 8.35. The molecule has 2 atom stereocenters. The van der Waals surface area contributed by atoms with E-state index >= 15 is 0 Å². The highest BCUT2D eigenvalue weighted by molar-refractivity contribution is 5.67. The molecule has 0 amide bonds. The second-order valence-corrected chi connectivity index (χ2v) is 3.69. The third-order valence-electron chi connectivity index (χ3n) is 2.20. The van der Waals surface area contributed by atoms with Gasteiger partial charge in [0, 0.05) is 19.6 Å². The van der Waals surface area contributed by atoms with Crippen molar-refractivity contribution in [1.82, 2.24) is 4.90 Å². The van der Waals surface area contributed by atoms with Crippen molar-refractivity contribution in [2.24, 2.45) is 0 Å². The molecular formula is C9H17NO4. The number of aliphatic carboxylic acids is 1. The maximum atomic E-state index is 10.3. The highest BCUT2D eigenvalue weighted by Gasteiger charge is 2.20. The molecule has 1 rings (SSSR count). The normalized spacial score (nSPS) is 26.0. The number of aliphatic hydroxyl groups excluding tert-OH is 1. The van der Waals surface area contributed by atoms with Crippen LogP contribution in [0.5, 0.6) is 0 Å². The third-order valence-corrected chi connectivity index (χ3v) is 2.20. The van der Waals surface area contributed by atoms with Crippen LogP contribution in [0.25, 0.3) is 0 Å². The minimum Gasteiger partial charge on any atom is -0.481 e. The van der Waals surface area contributed by atoms with Gasteiger partial charge >= 0.3 is 5.97 Å². The van der Waals surface area contributed by atoms with Crippen LogP contribution in [0.2, 0.25) is 0 Å². The number of aliphatic hydroxyl groups is 1. The van der Waals surface area contributed by atoms with Gasteiger partial charge in [-0.15, -0.1) is 0 Å². The fourth-order valence-corrected chi connectivity index (χ4v) is 1.62. The Labute approximate surface area is 83.3 Å². The molecule has 0 aromatic rings. The lowest BCUT2D eigenvalue weighted by Gasteiger charge is -2.32. The number of hydrogen-bond acceptors (Lipinski definition) is 4. The number of hydrogen-bond donors (Lipinski definition) is 2.